The second-order valence-corrected chi connectivity index (χ2v) is 6.45. The minimum absolute atomic E-state index is 0.0223. The molecule has 3 aromatic heterocycles. The van der Waals surface area contributed by atoms with Gasteiger partial charge in [0.05, 0.1) is 29.6 Å². The highest BCUT2D eigenvalue weighted by Gasteiger charge is 2.26. The molecule has 0 saturated heterocycles. The molecule has 1 aliphatic rings. The zero-order valence-corrected chi connectivity index (χ0v) is 14.2. The number of carbonyl (C=O) groups is 1. The highest BCUT2D eigenvalue weighted by molar-refractivity contribution is 5.94. The quantitative estimate of drug-likeness (QED) is 0.636. The number of aliphatic hydroxyl groups excluding tert-OH is 1. The van der Waals surface area contributed by atoms with Gasteiger partial charge in [0.25, 0.3) is 0 Å². The van der Waals surface area contributed by atoms with E-state index in [1.54, 1.807) is 18.3 Å². The van der Waals surface area contributed by atoms with Crippen LogP contribution in [0.1, 0.15) is 35.2 Å². The van der Waals surface area contributed by atoms with Crippen molar-refractivity contribution in [2.24, 2.45) is 0 Å². The van der Waals surface area contributed by atoms with Crippen molar-refractivity contribution in [1.29, 1.82) is 5.26 Å². The largest absolute Gasteiger partial charge is 0.478 e. The fourth-order valence-corrected chi connectivity index (χ4v) is 3.31. The number of rotatable bonds is 4. The van der Waals surface area contributed by atoms with Crippen LogP contribution in [0.3, 0.4) is 0 Å². The number of carboxylic acid groups (broad SMARTS) is 1. The van der Waals surface area contributed by atoms with Crippen molar-refractivity contribution in [3.63, 3.8) is 0 Å². The fourth-order valence-electron chi connectivity index (χ4n) is 3.31. The maximum atomic E-state index is 11.5. The monoisotopic (exact) mass is 364 g/mol. The second-order valence-electron chi connectivity index (χ2n) is 6.45. The molecule has 4 rings (SSSR count). The van der Waals surface area contributed by atoms with E-state index in [1.165, 1.54) is 17.1 Å². The van der Waals surface area contributed by atoms with Crippen molar-refractivity contribution in [3.05, 3.63) is 41.9 Å². The smallest absolute Gasteiger partial charge is 0.339 e. The number of aromatic nitrogens is 4. The molecule has 3 heterocycles. The lowest BCUT2D eigenvalue weighted by Gasteiger charge is -2.19. The minimum Gasteiger partial charge on any atom is -0.478 e. The predicted octanol–water partition coefficient (Wildman–Crippen LogP) is 1.71. The molecule has 1 aliphatic carbocycles. The SMILES string of the molecule is N#Cc1cnc2c(cnn2-c2cc(N[C@H]3CCCC3O)c(C(=O)O)cn2)c1. The molecule has 136 valence electrons. The first-order valence-electron chi connectivity index (χ1n) is 8.49. The summed E-state index contributed by atoms with van der Waals surface area (Å²) >= 11 is 0. The summed E-state index contributed by atoms with van der Waals surface area (Å²) in [5.74, 6) is -0.714. The van der Waals surface area contributed by atoms with Gasteiger partial charge in [0.2, 0.25) is 0 Å². The van der Waals surface area contributed by atoms with E-state index in [1.807, 2.05) is 6.07 Å². The van der Waals surface area contributed by atoms with Crippen LogP contribution in [0.2, 0.25) is 0 Å². The van der Waals surface area contributed by atoms with Crippen molar-refractivity contribution in [2.45, 2.75) is 31.4 Å². The van der Waals surface area contributed by atoms with Gasteiger partial charge >= 0.3 is 5.97 Å². The molecule has 3 aromatic rings. The molecule has 0 spiro atoms. The van der Waals surface area contributed by atoms with Crippen LogP contribution in [-0.4, -0.2) is 48.1 Å². The van der Waals surface area contributed by atoms with Gasteiger partial charge in [-0.1, -0.05) is 0 Å². The number of hydrogen-bond donors (Lipinski definition) is 3. The third-order valence-corrected chi connectivity index (χ3v) is 4.69. The van der Waals surface area contributed by atoms with E-state index in [2.05, 4.69) is 20.4 Å². The summed E-state index contributed by atoms with van der Waals surface area (Å²) in [4.78, 5) is 20.0. The summed E-state index contributed by atoms with van der Waals surface area (Å²) in [7, 11) is 0. The first kappa shape index (κ1) is 16.9. The Balaban J connectivity index is 1.76. The van der Waals surface area contributed by atoms with E-state index < -0.39 is 12.1 Å². The normalized spacial score (nSPS) is 19.1. The average molecular weight is 364 g/mol. The second kappa shape index (κ2) is 6.66. The van der Waals surface area contributed by atoms with Crippen LogP contribution < -0.4 is 5.32 Å². The Morgan fingerprint density at radius 3 is 2.81 bits per heavy atom. The molecule has 9 heteroatoms. The Bertz CT molecular complexity index is 1070. The van der Waals surface area contributed by atoms with E-state index >= 15 is 0 Å². The molecule has 0 amide bonds. The highest BCUT2D eigenvalue weighted by atomic mass is 16.4. The Morgan fingerprint density at radius 1 is 1.26 bits per heavy atom. The van der Waals surface area contributed by atoms with Crippen LogP contribution in [0.15, 0.2) is 30.7 Å². The van der Waals surface area contributed by atoms with E-state index in [0.717, 1.165) is 12.8 Å². The molecule has 0 radical (unpaired) electrons. The van der Waals surface area contributed by atoms with Crippen LogP contribution >= 0.6 is 0 Å². The topological polar surface area (TPSA) is 137 Å². The van der Waals surface area contributed by atoms with Crippen molar-refractivity contribution >= 4 is 22.7 Å². The Kier molecular flexibility index (Phi) is 4.18. The molecule has 9 nitrogen and oxygen atoms in total. The van der Waals surface area contributed by atoms with Gasteiger partial charge in [-0.3, -0.25) is 0 Å². The van der Waals surface area contributed by atoms with E-state index in [9.17, 15) is 15.0 Å². The number of aromatic carboxylic acids is 1. The van der Waals surface area contributed by atoms with E-state index in [4.69, 9.17) is 5.26 Å². The van der Waals surface area contributed by atoms with Crippen LogP contribution in [0.25, 0.3) is 16.9 Å². The van der Waals surface area contributed by atoms with Gasteiger partial charge in [-0.15, -0.1) is 0 Å². The lowest BCUT2D eigenvalue weighted by Crippen LogP contribution is -2.29. The predicted molar refractivity (Wildman–Crippen MR) is 95.6 cm³/mol. The van der Waals surface area contributed by atoms with Crippen LogP contribution in [-0.2, 0) is 0 Å². The standard InChI is InChI=1S/C18H16N6O3/c19-6-10-4-11-8-22-24(17(11)21-7-10)16-5-14(12(9-20-16)18(26)27)23-13-2-1-3-15(13)25/h4-5,7-9,13,15,25H,1-3H2,(H,20,23)(H,26,27)/t13-,15?/m0/s1. The van der Waals surface area contributed by atoms with Gasteiger partial charge < -0.3 is 15.5 Å². The average Bonchev–Trinajstić information content (AvgIpc) is 3.27. The highest BCUT2D eigenvalue weighted by Crippen LogP contribution is 2.27. The fraction of sp³-hybridized carbons (Fsp3) is 0.278. The number of pyridine rings is 2. The molecular formula is C18H16N6O3. The third kappa shape index (κ3) is 3.07. The summed E-state index contributed by atoms with van der Waals surface area (Å²) in [6.45, 7) is 0. The third-order valence-electron chi connectivity index (χ3n) is 4.69. The molecule has 1 unspecified atom stereocenters. The Hall–Kier alpha value is -3.51. The summed E-state index contributed by atoms with van der Waals surface area (Å²) in [5.41, 5.74) is 1.33. The first-order valence-corrected chi connectivity index (χ1v) is 8.49. The molecule has 1 fully saturated rings. The van der Waals surface area contributed by atoms with Gasteiger partial charge in [0.15, 0.2) is 11.5 Å². The van der Waals surface area contributed by atoms with E-state index in [0.29, 0.717) is 34.5 Å². The van der Waals surface area contributed by atoms with Crippen LogP contribution in [0.4, 0.5) is 5.69 Å². The van der Waals surface area contributed by atoms with Gasteiger partial charge in [-0.05, 0) is 25.3 Å². The number of aliphatic hydroxyl groups is 1. The number of nitriles is 1. The van der Waals surface area contributed by atoms with Crippen molar-refractivity contribution in [2.75, 3.05) is 5.32 Å². The molecular weight excluding hydrogens is 348 g/mol. The molecule has 2 atom stereocenters. The minimum atomic E-state index is -1.11. The van der Waals surface area contributed by atoms with Crippen LogP contribution in [0, 0.1) is 11.3 Å². The maximum Gasteiger partial charge on any atom is 0.339 e. The van der Waals surface area contributed by atoms with Crippen molar-refractivity contribution < 1.29 is 15.0 Å². The number of nitrogens with one attached hydrogen (secondary N) is 1. The van der Waals surface area contributed by atoms with Gasteiger partial charge in [-0.25, -0.2) is 14.8 Å². The lowest BCUT2D eigenvalue weighted by molar-refractivity contribution is 0.0697. The number of anilines is 1. The summed E-state index contributed by atoms with van der Waals surface area (Å²) in [6.07, 6.45) is 6.10. The first-order chi connectivity index (χ1) is 13.1. The number of hydrogen-bond acceptors (Lipinski definition) is 7. The Labute approximate surface area is 153 Å². The molecule has 0 bridgehead atoms. The van der Waals surface area contributed by atoms with Gasteiger partial charge in [0, 0.05) is 23.8 Å². The summed E-state index contributed by atoms with van der Waals surface area (Å²) < 4.78 is 1.48. The number of carboxylic acids is 1. The van der Waals surface area contributed by atoms with Crippen molar-refractivity contribution in [3.8, 4) is 11.9 Å². The summed E-state index contributed by atoms with van der Waals surface area (Å²) in [5, 5.41) is 36.6. The summed E-state index contributed by atoms with van der Waals surface area (Å²) in [6, 6.07) is 5.08. The molecule has 3 N–H and O–H groups in total. The van der Waals surface area contributed by atoms with E-state index in [-0.39, 0.29) is 11.6 Å². The maximum absolute atomic E-state index is 11.5. The molecule has 27 heavy (non-hydrogen) atoms. The number of fused-ring (bicyclic) bond motifs is 1. The molecule has 0 aliphatic heterocycles. The van der Waals surface area contributed by atoms with Gasteiger partial charge in [0.1, 0.15) is 11.6 Å². The van der Waals surface area contributed by atoms with Crippen molar-refractivity contribution in [1.82, 2.24) is 19.7 Å². The zero-order chi connectivity index (χ0) is 19.0. The molecule has 0 aromatic carbocycles. The van der Waals surface area contributed by atoms with Crippen LogP contribution in [0.5, 0.6) is 0 Å². The molecule has 1 saturated carbocycles. The zero-order valence-electron chi connectivity index (χ0n) is 14.2. The number of nitrogens with zero attached hydrogens (tertiary/aromatic N) is 5. The Morgan fingerprint density at radius 2 is 2.11 bits per heavy atom. The lowest BCUT2D eigenvalue weighted by atomic mass is 10.1. The van der Waals surface area contributed by atoms with Gasteiger partial charge in [-0.2, -0.15) is 15.0 Å².